The fourth-order valence-electron chi connectivity index (χ4n) is 0.602. The molecule has 0 saturated carbocycles. The van der Waals surface area contributed by atoms with Crippen LogP contribution in [0.2, 0.25) is 0 Å². The Kier molecular flexibility index (Phi) is 1.95. The van der Waals surface area contributed by atoms with Crippen molar-refractivity contribution in [3.05, 3.63) is 18.2 Å². The van der Waals surface area contributed by atoms with Crippen LogP contribution >= 0.6 is 0 Å². The molecule has 0 saturated heterocycles. The van der Waals surface area contributed by atoms with Crippen LogP contribution in [-0.4, -0.2) is 23.2 Å². The van der Waals surface area contributed by atoms with Crippen molar-refractivity contribution < 1.29 is 23.2 Å². The van der Waals surface area contributed by atoms with Gasteiger partial charge < -0.3 is 10.2 Å². The van der Waals surface area contributed by atoms with Crippen LogP contribution in [0.1, 0.15) is 0 Å². The van der Waals surface area contributed by atoms with Crippen LogP contribution in [0.15, 0.2) is 17.0 Å². The van der Waals surface area contributed by atoms with Gasteiger partial charge in [-0.2, -0.15) is 8.42 Å². The molecule has 0 fully saturated rings. The van der Waals surface area contributed by atoms with Crippen LogP contribution < -0.4 is 0 Å². The number of phenols is 2. The minimum atomic E-state index is -4.37. The standard InChI is InChI=1S/C6H5O5S/c7-5-2-1-4(3-6(5)8)12(9,10)11/h2-3,7-8H,(H,9,10,11). The maximum atomic E-state index is 10.4. The molecule has 0 atom stereocenters. The third-order valence-electron chi connectivity index (χ3n) is 1.16. The van der Waals surface area contributed by atoms with Gasteiger partial charge in [-0.25, -0.2) is 0 Å². The lowest BCUT2D eigenvalue weighted by Gasteiger charge is -1.98. The maximum Gasteiger partial charge on any atom is 0.295 e. The summed E-state index contributed by atoms with van der Waals surface area (Å²) in [6.45, 7) is 0. The van der Waals surface area contributed by atoms with E-state index in [1.54, 1.807) is 0 Å². The van der Waals surface area contributed by atoms with E-state index in [-0.39, 0.29) is 0 Å². The first-order chi connectivity index (χ1) is 5.41. The third-order valence-corrected chi connectivity index (χ3v) is 1.95. The van der Waals surface area contributed by atoms with Crippen LogP contribution in [-0.2, 0) is 10.1 Å². The van der Waals surface area contributed by atoms with Gasteiger partial charge in [0.15, 0.2) is 11.5 Å². The first-order valence-electron chi connectivity index (χ1n) is 2.82. The highest BCUT2D eigenvalue weighted by Gasteiger charge is 2.11. The molecular formula is C6H5O5S. The van der Waals surface area contributed by atoms with E-state index in [2.05, 4.69) is 6.07 Å². The molecule has 0 aliphatic carbocycles. The van der Waals surface area contributed by atoms with E-state index in [1.165, 1.54) is 0 Å². The minimum absolute atomic E-state index is 0.498. The summed E-state index contributed by atoms with van der Waals surface area (Å²) >= 11 is 0. The molecule has 3 N–H and O–H groups in total. The second kappa shape index (κ2) is 2.65. The van der Waals surface area contributed by atoms with Gasteiger partial charge in [-0.15, -0.1) is 0 Å². The Labute approximate surface area is 68.6 Å². The molecule has 1 radical (unpaired) electrons. The fourth-order valence-corrected chi connectivity index (χ4v) is 1.07. The first kappa shape index (κ1) is 8.82. The van der Waals surface area contributed by atoms with Crippen LogP contribution in [0.5, 0.6) is 11.5 Å². The summed E-state index contributed by atoms with van der Waals surface area (Å²) in [5.74, 6) is -1.12. The Bertz CT molecular complexity index is 394. The summed E-state index contributed by atoms with van der Waals surface area (Å²) < 4.78 is 29.3. The average Bonchev–Trinajstić information content (AvgIpc) is 1.92. The van der Waals surface area contributed by atoms with Gasteiger partial charge in [-0.3, -0.25) is 4.55 Å². The quantitative estimate of drug-likeness (QED) is 0.431. The lowest BCUT2D eigenvalue weighted by molar-refractivity contribution is 0.401. The van der Waals surface area contributed by atoms with Gasteiger partial charge in [0.25, 0.3) is 10.1 Å². The van der Waals surface area contributed by atoms with E-state index in [4.69, 9.17) is 14.8 Å². The van der Waals surface area contributed by atoms with Crippen LogP contribution in [0.4, 0.5) is 0 Å². The number of rotatable bonds is 1. The Balaban J connectivity index is 3.33. The second-order valence-electron chi connectivity index (χ2n) is 2.04. The van der Waals surface area contributed by atoms with Crippen molar-refractivity contribution in [1.29, 1.82) is 0 Å². The van der Waals surface area contributed by atoms with Crippen molar-refractivity contribution in [3.63, 3.8) is 0 Å². The van der Waals surface area contributed by atoms with Crippen molar-refractivity contribution >= 4 is 10.1 Å². The molecule has 0 spiro atoms. The van der Waals surface area contributed by atoms with Gasteiger partial charge in [0.2, 0.25) is 0 Å². The molecule has 0 aromatic heterocycles. The molecule has 5 nitrogen and oxygen atoms in total. The molecule has 0 amide bonds. The predicted octanol–water partition coefficient (Wildman–Crippen LogP) is 0.145. The zero-order valence-electron chi connectivity index (χ0n) is 5.72. The van der Waals surface area contributed by atoms with Crippen molar-refractivity contribution in [2.75, 3.05) is 0 Å². The normalized spacial score (nSPS) is 11.4. The highest BCUT2D eigenvalue weighted by molar-refractivity contribution is 7.85. The van der Waals surface area contributed by atoms with Crippen LogP contribution in [0.25, 0.3) is 0 Å². The zero-order chi connectivity index (χ0) is 9.35. The summed E-state index contributed by atoms with van der Waals surface area (Å²) in [4.78, 5) is -0.585. The number of aromatic hydroxyl groups is 2. The van der Waals surface area contributed by atoms with E-state index in [0.29, 0.717) is 6.07 Å². The minimum Gasteiger partial charge on any atom is -0.504 e. The number of hydrogen-bond acceptors (Lipinski definition) is 4. The molecule has 0 bridgehead atoms. The Morgan fingerprint density at radius 1 is 1.25 bits per heavy atom. The molecule has 1 rings (SSSR count). The Morgan fingerprint density at radius 3 is 2.25 bits per heavy atom. The fraction of sp³-hybridized carbons (Fsp3) is 0. The first-order valence-corrected chi connectivity index (χ1v) is 4.26. The van der Waals surface area contributed by atoms with Gasteiger partial charge in [-0.1, -0.05) is 0 Å². The van der Waals surface area contributed by atoms with Gasteiger partial charge in [0.05, 0.1) is 0 Å². The van der Waals surface area contributed by atoms with Gasteiger partial charge in [0, 0.05) is 12.1 Å². The smallest absolute Gasteiger partial charge is 0.295 e. The van der Waals surface area contributed by atoms with Gasteiger partial charge in [0.1, 0.15) is 4.90 Å². The molecule has 0 unspecified atom stereocenters. The lowest BCUT2D eigenvalue weighted by Crippen LogP contribution is -1.97. The van der Waals surface area contributed by atoms with Crippen molar-refractivity contribution in [3.8, 4) is 11.5 Å². The number of hydrogen-bond donors (Lipinski definition) is 3. The van der Waals surface area contributed by atoms with E-state index in [1.807, 2.05) is 0 Å². The zero-order valence-corrected chi connectivity index (χ0v) is 6.54. The Hall–Kier alpha value is -1.27. The van der Waals surface area contributed by atoms with Crippen LogP contribution in [0, 0.1) is 6.07 Å². The molecule has 12 heavy (non-hydrogen) atoms. The van der Waals surface area contributed by atoms with Crippen LogP contribution in [0.3, 0.4) is 0 Å². The third kappa shape index (κ3) is 1.66. The average molecular weight is 189 g/mol. The topological polar surface area (TPSA) is 94.8 Å². The van der Waals surface area contributed by atoms with Gasteiger partial charge in [-0.05, 0) is 6.07 Å². The molecule has 0 aliphatic heterocycles. The molecule has 1 aromatic carbocycles. The van der Waals surface area contributed by atoms with E-state index in [0.717, 1.165) is 6.07 Å². The number of phenolic OH excluding ortho intramolecular Hbond substituents is 2. The van der Waals surface area contributed by atoms with Crippen molar-refractivity contribution in [2.24, 2.45) is 0 Å². The monoisotopic (exact) mass is 189 g/mol. The molecule has 65 valence electrons. The highest BCUT2D eigenvalue weighted by Crippen LogP contribution is 2.26. The highest BCUT2D eigenvalue weighted by atomic mass is 32.2. The second-order valence-corrected chi connectivity index (χ2v) is 3.43. The van der Waals surface area contributed by atoms with E-state index < -0.39 is 26.5 Å². The van der Waals surface area contributed by atoms with E-state index in [9.17, 15) is 8.42 Å². The summed E-state index contributed by atoms with van der Waals surface area (Å²) in [5, 5.41) is 17.6. The largest absolute Gasteiger partial charge is 0.504 e. The molecular weight excluding hydrogens is 184 g/mol. The maximum absolute atomic E-state index is 10.4. The Morgan fingerprint density at radius 2 is 1.83 bits per heavy atom. The molecule has 0 aliphatic rings. The molecule has 6 heteroatoms. The summed E-state index contributed by atoms with van der Waals surface area (Å²) in [6.07, 6.45) is 0. The lowest BCUT2D eigenvalue weighted by atomic mass is 10.3. The van der Waals surface area contributed by atoms with Gasteiger partial charge >= 0.3 is 0 Å². The molecule has 1 aromatic rings. The SMILES string of the molecule is O=S(=O)(O)c1[c]cc(O)c(O)c1. The molecule has 0 heterocycles. The summed E-state index contributed by atoms with van der Waals surface area (Å²) in [7, 11) is -4.37. The van der Waals surface area contributed by atoms with Crippen molar-refractivity contribution in [2.45, 2.75) is 4.90 Å². The summed E-state index contributed by atoms with van der Waals surface area (Å²) in [6, 6.07) is 3.61. The number of benzene rings is 1. The van der Waals surface area contributed by atoms with Crippen molar-refractivity contribution in [1.82, 2.24) is 0 Å². The predicted molar refractivity (Wildman–Crippen MR) is 38.4 cm³/mol. The van der Waals surface area contributed by atoms with E-state index >= 15 is 0 Å². The summed E-state index contributed by atoms with van der Waals surface area (Å²) in [5.41, 5.74) is 0.